The summed E-state index contributed by atoms with van der Waals surface area (Å²) in [6, 6.07) is 6.64. The molecule has 3 N–H and O–H groups in total. The van der Waals surface area contributed by atoms with Gasteiger partial charge in [-0.15, -0.1) is 11.3 Å². The van der Waals surface area contributed by atoms with E-state index in [1.165, 1.54) is 18.2 Å². The molecule has 0 unspecified atom stereocenters. The van der Waals surface area contributed by atoms with Gasteiger partial charge in [-0.05, 0) is 36.6 Å². The molecule has 4 rings (SSSR count). The number of sulfone groups is 1. The number of nitrogens with zero attached hydrogens (tertiary/aromatic N) is 1. The number of aliphatic imine (C=N–C) groups is 1. The fourth-order valence-electron chi connectivity index (χ4n) is 4.27. The number of halogens is 2. The molecular formula is C23H29ClFN3O3S2. The molecule has 0 radical (unpaired) electrons. The number of carbonyl (C=O) groups is 1. The van der Waals surface area contributed by atoms with Gasteiger partial charge in [0, 0.05) is 11.4 Å². The lowest BCUT2D eigenvalue weighted by Gasteiger charge is -2.40. The van der Waals surface area contributed by atoms with E-state index in [9.17, 15) is 17.6 Å². The minimum Gasteiger partial charge on any atom is -0.386 e. The molecule has 33 heavy (non-hydrogen) atoms. The van der Waals surface area contributed by atoms with Gasteiger partial charge in [0.25, 0.3) is 5.91 Å². The summed E-state index contributed by atoms with van der Waals surface area (Å²) in [5, 5.41) is 3.06. The Balaban J connectivity index is 0.00000149. The number of benzene rings is 1. The van der Waals surface area contributed by atoms with Gasteiger partial charge in [0.2, 0.25) is 0 Å². The molecule has 180 valence electrons. The summed E-state index contributed by atoms with van der Waals surface area (Å²) in [4.78, 5) is 18.0. The molecule has 0 saturated heterocycles. The quantitative estimate of drug-likeness (QED) is 0.598. The highest BCUT2D eigenvalue weighted by Gasteiger charge is 2.51. The standard InChI is InChI=1S/C21H23ClFN3O3S2.C2H6/c22-15-10-17(19(27)25-11-13-4-6-14(23)7-5-13)30-18(15)16-12-31(28,29)21(20(24)26-16)8-2-1-3-9-21;1-2/h4-7,10,16H,1-3,8-9,11-12H2,(H2,24,26)(H,25,27);1-2H3/t16-;/m0./s1. The highest BCUT2D eigenvalue weighted by atomic mass is 35.5. The highest BCUT2D eigenvalue weighted by Crippen LogP contribution is 2.44. The third-order valence-electron chi connectivity index (χ3n) is 6.00. The zero-order valence-electron chi connectivity index (χ0n) is 18.7. The van der Waals surface area contributed by atoms with Crippen LogP contribution < -0.4 is 11.1 Å². The Morgan fingerprint density at radius 3 is 2.48 bits per heavy atom. The number of carbonyl (C=O) groups excluding carboxylic acids is 1. The summed E-state index contributed by atoms with van der Waals surface area (Å²) in [6.45, 7) is 4.23. The average Bonchev–Trinajstić information content (AvgIpc) is 3.20. The van der Waals surface area contributed by atoms with Crippen LogP contribution in [0.5, 0.6) is 0 Å². The van der Waals surface area contributed by atoms with Gasteiger partial charge in [-0.25, -0.2) is 12.8 Å². The van der Waals surface area contributed by atoms with Crippen molar-refractivity contribution in [3.05, 3.63) is 56.5 Å². The second-order valence-electron chi connectivity index (χ2n) is 8.00. The number of amides is 1. The lowest BCUT2D eigenvalue weighted by atomic mass is 9.87. The topological polar surface area (TPSA) is 102 Å². The molecule has 2 heterocycles. The molecule has 1 atom stereocenters. The van der Waals surface area contributed by atoms with Crippen LogP contribution in [0.2, 0.25) is 5.02 Å². The molecule has 10 heteroatoms. The van der Waals surface area contributed by atoms with Crippen LogP contribution in [0.1, 0.15) is 72.1 Å². The maximum absolute atomic E-state index is 13.2. The van der Waals surface area contributed by atoms with Crippen molar-refractivity contribution in [1.82, 2.24) is 5.32 Å². The predicted octanol–water partition coefficient (Wildman–Crippen LogP) is 5.03. The van der Waals surface area contributed by atoms with Gasteiger partial charge in [0.1, 0.15) is 22.4 Å². The van der Waals surface area contributed by atoms with Crippen molar-refractivity contribution in [2.45, 2.75) is 63.3 Å². The van der Waals surface area contributed by atoms with Crippen LogP contribution in [0.25, 0.3) is 0 Å². The zero-order valence-corrected chi connectivity index (χ0v) is 21.1. The molecule has 1 amide bonds. The predicted molar refractivity (Wildman–Crippen MR) is 132 cm³/mol. The van der Waals surface area contributed by atoms with Crippen LogP contribution in [-0.4, -0.2) is 30.7 Å². The lowest BCUT2D eigenvalue weighted by Crippen LogP contribution is -2.55. The molecule has 2 aromatic rings. The third-order valence-corrected chi connectivity index (χ3v) is 10.2. The molecule has 2 aliphatic rings. The Labute approximate surface area is 203 Å². The SMILES string of the molecule is CC.NC1=N[C@H](c2sc(C(=O)NCc3ccc(F)cc3)cc2Cl)CS(=O)(=O)C12CCCCC2. The summed E-state index contributed by atoms with van der Waals surface area (Å²) in [6.07, 6.45) is 3.65. The van der Waals surface area contributed by atoms with E-state index in [0.29, 0.717) is 27.6 Å². The van der Waals surface area contributed by atoms with Gasteiger partial charge >= 0.3 is 0 Å². The zero-order chi connectivity index (χ0) is 24.2. The molecule has 0 bridgehead atoms. The first-order valence-corrected chi connectivity index (χ1v) is 13.9. The van der Waals surface area contributed by atoms with E-state index in [-0.39, 0.29) is 29.9 Å². The first kappa shape index (κ1) is 25.6. The highest BCUT2D eigenvalue weighted by molar-refractivity contribution is 7.93. The van der Waals surface area contributed by atoms with Gasteiger partial charge in [-0.1, -0.05) is 56.8 Å². The molecule has 1 aliphatic heterocycles. The average molecular weight is 514 g/mol. The minimum absolute atomic E-state index is 0.162. The maximum atomic E-state index is 13.2. The van der Waals surface area contributed by atoms with Crippen molar-refractivity contribution < 1.29 is 17.6 Å². The van der Waals surface area contributed by atoms with Crippen LogP contribution in [0.4, 0.5) is 4.39 Å². The first-order valence-electron chi connectivity index (χ1n) is 11.1. The molecule has 1 fully saturated rings. The number of nitrogens with two attached hydrogens (primary N) is 1. The Bertz CT molecular complexity index is 1120. The van der Waals surface area contributed by atoms with Gasteiger partial charge in [0.05, 0.1) is 15.7 Å². The van der Waals surface area contributed by atoms with Crippen molar-refractivity contribution in [3.8, 4) is 0 Å². The normalized spacial score (nSPS) is 21.0. The Morgan fingerprint density at radius 1 is 1.24 bits per heavy atom. The van der Waals surface area contributed by atoms with Crippen molar-refractivity contribution >= 4 is 44.5 Å². The fourth-order valence-corrected chi connectivity index (χ4v) is 8.05. The number of thiophene rings is 1. The minimum atomic E-state index is -3.51. The lowest BCUT2D eigenvalue weighted by molar-refractivity contribution is 0.0955. The van der Waals surface area contributed by atoms with Crippen LogP contribution in [0.3, 0.4) is 0 Å². The summed E-state index contributed by atoms with van der Waals surface area (Å²) < 4.78 is 38.3. The first-order chi connectivity index (χ1) is 15.7. The molecule has 1 aromatic carbocycles. The summed E-state index contributed by atoms with van der Waals surface area (Å²) in [5.74, 6) is -0.691. The van der Waals surface area contributed by atoms with Gasteiger partial charge in [-0.3, -0.25) is 9.79 Å². The van der Waals surface area contributed by atoms with E-state index in [4.69, 9.17) is 17.3 Å². The molecule has 1 saturated carbocycles. The van der Waals surface area contributed by atoms with Crippen LogP contribution >= 0.6 is 22.9 Å². The van der Waals surface area contributed by atoms with Crippen molar-refractivity contribution in [2.24, 2.45) is 10.7 Å². The summed E-state index contributed by atoms with van der Waals surface area (Å²) in [5.41, 5.74) is 6.97. The smallest absolute Gasteiger partial charge is 0.261 e. The van der Waals surface area contributed by atoms with E-state index in [1.807, 2.05) is 13.8 Å². The molecule has 6 nitrogen and oxygen atoms in total. The Kier molecular flexibility index (Phi) is 8.18. The van der Waals surface area contributed by atoms with Crippen molar-refractivity contribution in [3.63, 3.8) is 0 Å². The van der Waals surface area contributed by atoms with Crippen molar-refractivity contribution in [1.29, 1.82) is 0 Å². The van der Waals surface area contributed by atoms with E-state index < -0.39 is 20.6 Å². The second kappa shape index (κ2) is 10.5. The largest absolute Gasteiger partial charge is 0.386 e. The van der Waals surface area contributed by atoms with Crippen molar-refractivity contribution in [2.75, 3.05) is 5.75 Å². The van der Waals surface area contributed by atoms with Gasteiger partial charge in [-0.2, -0.15) is 0 Å². The van der Waals surface area contributed by atoms with E-state index in [2.05, 4.69) is 10.3 Å². The number of rotatable bonds is 4. The molecule has 1 aromatic heterocycles. The molecule has 1 aliphatic carbocycles. The Hall–Kier alpha value is -1.97. The van der Waals surface area contributed by atoms with Gasteiger partial charge < -0.3 is 11.1 Å². The monoisotopic (exact) mass is 513 g/mol. The number of amidine groups is 1. The van der Waals surface area contributed by atoms with E-state index in [0.717, 1.165) is 36.2 Å². The maximum Gasteiger partial charge on any atom is 0.261 e. The molecular weight excluding hydrogens is 485 g/mol. The van der Waals surface area contributed by atoms with Crippen LogP contribution in [0, 0.1) is 5.82 Å². The molecule has 1 spiro atoms. The Morgan fingerprint density at radius 2 is 1.88 bits per heavy atom. The fraction of sp³-hybridized carbons (Fsp3) is 0.478. The number of nitrogens with one attached hydrogen (secondary N) is 1. The number of hydrogen-bond acceptors (Lipinski definition) is 6. The van der Waals surface area contributed by atoms with Gasteiger partial charge in [0.15, 0.2) is 9.84 Å². The summed E-state index contributed by atoms with van der Waals surface area (Å²) in [7, 11) is -3.51. The second-order valence-corrected chi connectivity index (χ2v) is 11.8. The van der Waals surface area contributed by atoms with Crippen LogP contribution in [0.15, 0.2) is 35.3 Å². The third kappa shape index (κ3) is 5.25. The van der Waals surface area contributed by atoms with Crippen LogP contribution in [-0.2, 0) is 16.4 Å². The van der Waals surface area contributed by atoms with E-state index >= 15 is 0 Å². The summed E-state index contributed by atoms with van der Waals surface area (Å²) >= 11 is 7.48. The van der Waals surface area contributed by atoms with E-state index in [1.54, 1.807) is 12.1 Å². The number of hydrogen-bond donors (Lipinski definition) is 2.